The number of aromatic nitrogens is 1. The summed E-state index contributed by atoms with van der Waals surface area (Å²) in [6.45, 7) is 1.38. The molecule has 1 aliphatic heterocycles. The fraction of sp³-hybridized carbons (Fsp3) is 0.444. The molecule has 1 N–H and O–H groups in total. The molecule has 0 unspecified atom stereocenters. The van der Waals surface area contributed by atoms with Crippen molar-refractivity contribution in [2.24, 2.45) is 0 Å². The van der Waals surface area contributed by atoms with E-state index < -0.39 is 0 Å². The van der Waals surface area contributed by atoms with E-state index in [2.05, 4.69) is 10.3 Å². The van der Waals surface area contributed by atoms with Crippen molar-refractivity contribution in [2.75, 3.05) is 20.3 Å². The van der Waals surface area contributed by atoms with Crippen molar-refractivity contribution in [1.82, 2.24) is 10.3 Å². The van der Waals surface area contributed by atoms with Crippen molar-refractivity contribution in [3.05, 3.63) is 36.4 Å². The molecule has 2 heterocycles. The van der Waals surface area contributed by atoms with Crippen molar-refractivity contribution >= 4 is 5.91 Å². The highest BCUT2D eigenvalue weighted by atomic mass is 16.5. The zero-order valence-corrected chi connectivity index (χ0v) is 13.8. The van der Waals surface area contributed by atoms with Crippen LogP contribution in [-0.4, -0.2) is 37.3 Å². The third-order valence-corrected chi connectivity index (χ3v) is 4.02. The Morgan fingerprint density at radius 1 is 1.46 bits per heavy atom. The number of carbonyl (C=O) groups excluding carboxylic acids is 1. The molecule has 2 aromatic rings. The van der Waals surface area contributed by atoms with Gasteiger partial charge in [-0.15, -0.1) is 0 Å². The van der Waals surface area contributed by atoms with Crippen LogP contribution in [0.1, 0.15) is 25.2 Å². The highest BCUT2D eigenvalue weighted by Crippen LogP contribution is 2.24. The molecule has 6 heteroatoms. The van der Waals surface area contributed by atoms with Crippen molar-refractivity contribution in [1.29, 1.82) is 0 Å². The van der Waals surface area contributed by atoms with Gasteiger partial charge in [-0.2, -0.15) is 0 Å². The van der Waals surface area contributed by atoms with E-state index in [1.807, 2.05) is 24.3 Å². The number of aryl methyl sites for hydroxylation is 1. The third-order valence-electron chi connectivity index (χ3n) is 4.02. The van der Waals surface area contributed by atoms with E-state index >= 15 is 0 Å². The average Bonchev–Trinajstić information content (AvgIpc) is 3.30. The highest BCUT2D eigenvalue weighted by Gasteiger charge is 2.16. The van der Waals surface area contributed by atoms with Crippen molar-refractivity contribution in [2.45, 2.75) is 31.8 Å². The molecule has 128 valence electrons. The first-order chi connectivity index (χ1) is 11.7. The van der Waals surface area contributed by atoms with Crippen LogP contribution in [0.15, 0.2) is 34.9 Å². The minimum Gasteiger partial charge on any atom is -0.497 e. The Balaban J connectivity index is 1.49. The number of rotatable bonds is 7. The zero-order valence-electron chi connectivity index (χ0n) is 13.8. The minimum absolute atomic E-state index is 0.00775. The van der Waals surface area contributed by atoms with Gasteiger partial charge in [0.15, 0.2) is 11.7 Å². The predicted molar refractivity (Wildman–Crippen MR) is 88.8 cm³/mol. The molecule has 1 aliphatic rings. The summed E-state index contributed by atoms with van der Waals surface area (Å²) in [5, 5.41) is 2.90. The first kappa shape index (κ1) is 16.5. The molecule has 0 saturated carbocycles. The lowest BCUT2D eigenvalue weighted by molar-refractivity contribution is -0.121. The molecule has 1 amide bonds. The number of oxazole rings is 1. The number of carbonyl (C=O) groups is 1. The van der Waals surface area contributed by atoms with Crippen LogP contribution < -0.4 is 10.1 Å². The first-order valence-corrected chi connectivity index (χ1v) is 8.22. The van der Waals surface area contributed by atoms with Gasteiger partial charge in [0.2, 0.25) is 5.91 Å². The predicted octanol–water partition coefficient (Wildman–Crippen LogP) is 2.58. The Bertz CT molecular complexity index is 677. The van der Waals surface area contributed by atoms with E-state index in [0.717, 1.165) is 30.8 Å². The Labute approximate surface area is 141 Å². The summed E-state index contributed by atoms with van der Waals surface area (Å²) < 4.78 is 16.4. The van der Waals surface area contributed by atoms with E-state index in [9.17, 15) is 4.79 Å². The molecule has 1 atom stereocenters. The molecule has 6 nitrogen and oxygen atoms in total. The molecule has 1 aromatic carbocycles. The second kappa shape index (κ2) is 7.97. The lowest BCUT2D eigenvalue weighted by Crippen LogP contribution is -2.31. The molecule has 0 spiro atoms. The lowest BCUT2D eigenvalue weighted by Gasteiger charge is -2.10. The van der Waals surface area contributed by atoms with Crippen LogP contribution in [0.4, 0.5) is 0 Å². The van der Waals surface area contributed by atoms with Gasteiger partial charge in [-0.25, -0.2) is 4.98 Å². The number of nitrogens with one attached hydrogen (secondary N) is 1. The van der Waals surface area contributed by atoms with Crippen LogP contribution in [-0.2, 0) is 16.0 Å². The third kappa shape index (κ3) is 4.35. The van der Waals surface area contributed by atoms with Gasteiger partial charge in [0.1, 0.15) is 5.75 Å². The number of amides is 1. The summed E-state index contributed by atoms with van der Waals surface area (Å²) >= 11 is 0. The van der Waals surface area contributed by atoms with Gasteiger partial charge < -0.3 is 19.2 Å². The summed E-state index contributed by atoms with van der Waals surface area (Å²) in [6.07, 6.45) is 4.75. The SMILES string of the molecule is COc1cccc(-c2cnc(CCC(=O)NC[C@@H]3CCCO3)o2)c1. The maximum absolute atomic E-state index is 11.9. The second-order valence-electron chi connectivity index (χ2n) is 5.79. The molecule has 1 saturated heterocycles. The number of methoxy groups -OCH3 is 1. The van der Waals surface area contributed by atoms with Gasteiger partial charge in [-0.05, 0) is 25.0 Å². The van der Waals surface area contributed by atoms with Gasteiger partial charge in [0.25, 0.3) is 0 Å². The van der Waals surface area contributed by atoms with Crippen LogP contribution in [0.25, 0.3) is 11.3 Å². The van der Waals surface area contributed by atoms with Gasteiger partial charge >= 0.3 is 0 Å². The van der Waals surface area contributed by atoms with Crippen molar-refractivity contribution in [3.8, 4) is 17.1 Å². The van der Waals surface area contributed by atoms with E-state index in [4.69, 9.17) is 13.9 Å². The number of benzene rings is 1. The van der Waals surface area contributed by atoms with Crippen LogP contribution in [0.5, 0.6) is 5.75 Å². The smallest absolute Gasteiger partial charge is 0.220 e. The van der Waals surface area contributed by atoms with E-state index in [0.29, 0.717) is 31.0 Å². The zero-order chi connectivity index (χ0) is 16.8. The van der Waals surface area contributed by atoms with Gasteiger partial charge in [-0.1, -0.05) is 12.1 Å². The summed E-state index contributed by atoms with van der Waals surface area (Å²) in [5.41, 5.74) is 0.899. The average molecular weight is 330 g/mol. The standard InChI is InChI=1S/C18H22N2O4/c1-22-14-5-2-4-13(10-14)16-12-20-18(24-16)8-7-17(21)19-11-15-6-3-9-23-15/h2,4-5,10,12,15H,3,6-9,11H2,1H3,(H,19,21)/t15-/m0/s1. The van der Waals surface area contributed by atoms with Crippen LogP contribution in [0.3, 0.4) is 0 Å². The quantitative estimate of drug-likeness (QED) is 0.844. The number of hydrogen-bond donors (Lipinski definition) is 1. The molecule has 0 radical (unpaired) electrons. The topological polar surface area (TPSA) is 73.6 Å². The van der Waals surface area contributed by atoms with Crippen molar-refractivity contribution in [3.63, 3.8) is 0 Å². The minimum atomic E-state index is -0.00775. The Kier molecular flexibility index (Phi) is 5.48. The molecule has 1 fully saturated rings. The summed E-state index contributed by atoms with van der Waals surface area (Å²) in [7, 11) is 1.63. The number of ether oxygens (including phenoxy) is 2. The molecule has 3 rings (SSSR count). The molecule has 0 bridgehead atoms. The second-order valence-corrected chi connectivity index (χ2v) is 5.79. The largest absolute Gasteiger partial charge is 0.497 e. The molecule has 1 aromatic heterocycles. The van der Waals surface area contributed by atoms with Crippen LogP contribution in [0, 0.1) is 0 Å². The lowest BCUT2D eigenvalue weighted by atomic mass is 10.2. The Morgan fingerprint density at radius 3 is 3.17 bits per heavy atom. The summed E-state index contributed by atoms with van der Waals surface area (Å²) in [5.74, 6) is 1.98. The number of hydrogen-bond acceptors (Lipinski definition) is 5. The summed E-state index contributed by atoms with van der Waals surface area (Å²) in [4.78, 5) is 16.1. The molecule has 0 aliphatic carbocycles. The Hall–Kier alpha value is -2.34. The first-order valence-electron chi connectivity index (χ1n) is 8.22. The summed E-state index contributed by atoms with van der Waals surface area (Å²) in [6, 6.07) is 7.59. The van der Waals surface area contributed by atoms with Gasteiger partial charge in [0, 0.05) is 31.6 Å². The number of nitrogens with zero attached hydrogens (tertiary/aromatic N) is 1. The Morgan fingerprint density at radius 2 is 2.38 bits per heavy atom. The van der Waals surface area contributed by atoms with Gasteiger partial charge in [0.05, 0.1) is 19.4 Å². The van der Waals surface area contributed by atoms with Gasteiger partial charge in [-0.3, -0.25) is 4.79 Å². The monoisotopic (exact) mass is 330 g/mol. The maximum atomic E-state index is 11.9. The normalized spacial score (nSPS) is 17.0. The van der Waals surface area contributed by atoms with E-state index in [-0.39, 0.29) is 12.0 Å². The van der Waals surface area contributed by atoms with E-state index in [1.54, 1.807) is 13.3 Å². The fourth-order valence-corrected chi connectivity index (χ4v) is 2.68. The molecule has 24 heavy (non-hydrogen) atoms. The highest BCUT2D eigenvalue weighted by molar-refractivity contribution is 5.76. The molecular weight excluding hydrogens is 308 g/mol. The van der Waals surface area contributed by atoms with Crippen molar-refractivity contribution < 1.29 is 18.7 Å². The molecular formula is C18H22N2O4. The maximum Gasteiger partial charge on any atom is 0.220 e. The van der Waals surface area contributed by atoms with Crippen LogP contribution in [0.2, 0.25) is 0 Å². The van der Waals surface area contributed by atoms with Crippen LogP contribution >= 0.6 is 0 Å². The van der Waals surface area contributed by atoms with E-state index in [1.165, 1.54) is 0 Å². The fourth-order valence-electron chi connectivity index (χ4n) is 2.68.